The first kappa shape index (κ1) is 17.0. The molecule has 4 nitrogen and oxygen atoms in total. The highest BCUT2D eigenvalue weighted by atomic mass is 127. The standard InChI is InChI=1S/C13H17I2NO3/c1-7(2)3-9(6-17)16-13(19)10-4-8(14)5-11(15)12(10)18/h4-5,7,9,17-18H,3,6H2,1-2H3,(H,16,19). The third kappa shape index (κ3) is 5.07. The van der Waals surface area contributed by atoms with E-state index in [0.29, 0.717) is 15.9 Å². The minimum Gasteiger partial charge on any atom is -0.506 e. The number of nitrogens with one attached hydrogen (secondary N) is 1. The molecule has 1 aromatic rings. The minimum absolute atomic E-state index is 0.0141. The summed E-state index contributed by atoms with van der Waals surface area (Å²) in [5, 5.41) is 21.9. The van der Waals surface area contributed by atoms with Gasteiger partial charge in [0.05, 0.1) is 21.8 Å². The number of benzene rings is 1. The molecule has 0 aliphatic carbocycles. The summed E-state index contributed by atoms with van der Waals surface area (Å²) in [6.45, 7) is 3.95. The number of carbonyl (C=O) groups excluding carboxylic acids is 1. The Labute approximate surface area is 140 Å². The monoisotopic (exact) mass is 489 g/mol. The summed E-state index contributed by atoms with van der Waals surface area (Å²) in [7, 11) is 0. The molecule has 1 aromatic carbocycles. The highest BCUT2D eigenvalue weighted by Gasteiger charge is 2.18. The average Bonchev–Trinajstić information content (AvgIpc) is 2.32. The normalized spacial score (nSPS) is 12.5. The lowest BCUT2D eigenvalue weighted by atomic mass is 10.0. The van der Waals surface area contributed by atoms with E-state index in [-0.39, 0.29) is 29.9 Å². The molecule has 0 aliphatic heterocycles. The van der Waals surface area contributed by atoms with Crippen LogP contribution < -0.4 is 5.32 Å². The fourth-order valence-electron chi connectivity index (χ4n) is 1.75. The van der Waals surface area contributed by atoms with E-state index in [1.807, 2.05) is 36.4 Å². The van der Waals surface area contributed by atoms with Crippen molar-refractivity contribution in [3.8, 4) is 5.75 Å². The maximum atomic E-state index is 12.1. The fourth-order valence-corrected chi connectivity index (χ4v) is 3.60. The Balaban J connectivity index is 2.88. The number of phenolic OH excluding ortho intramolecular Hbond substituents is 1. The van der Waals surface area contributed by atoms with Gasteiger partial charge in [-0.3, -0.25) is 4.79 Å². The quantitative estimate of drug-likeness (QED) is 0.558. The van der Waals surface area contributed by atoms with Crippen LogP contribution in [0.2, 0.25) is 0 Å². The molecule has 3 N–H and O–H groups in total. The second-order valence-electron chi connectivity index (χ2n) is 4.77. The first-order chi connectivity index (χ1) is 8.85. The molecule has 1 rings (SSSR count). The van der Waals surface area contributed by atoms with Gasteiger partial charge in [-0.25, -0.2) is 0 Å². The third-order valence-electron chi connectivity index (χ3n) is 2.58. The highest BCUT2D eigenvalue weighted by molar-refractivity contribution is 14.1. The number of aromatic hydroxyl groups is 1. The molecule has 1 amide bonds. The summed E-state index contributed by atoms with van der Waals surface area (Å²) < 4.78 is 1.52. The molecular weight excluding hydrogens is 472 g/mol. The molecule has 0 aliphatic rings. The van der Waals surface area contributed by atoms with Gasteiger partial charge in [-0.1, -0.05) is 13.8 Å². The molecule has 0 heterocycles. The Bertz CT molecular complexity index is 463. The van der Waals surface area contributed by atoms with Crippen molar-refractivity contribution in [2.75, 3.05) is 6.61 Å². The molecule has 0 spiro atoms. The Hall–Kier alpha value is -0.0900. The number of phenols is 1. The van der Waals surface area contributed by atoms with Crippen LogP contribution >= 0.6 is 45.2 Å². The zero-order valence-electron chi connectivity index (χ0n) is 10.8. The van der Waals surface area contributed by atoms with E-state index in [2.05, 4.69) is 27.9 Å². The van der Waals surface area contributed by atoms with E-state index in [4.69, 9.17) is 0 Å². The van der Waals surface area contributed by atoms with Crippen LogP contribution in [0.3, 0.4) is 0 Å². The van der Waals surface area contributed by atoms with Crippen molar-refractivity contribution in [1.82, 2.24) is 5.32 Å². The van der Waals surface area contributed by atoms with Crippen molar-refractivity contribution in [2.45, 2.75) is 26.3 Å². The molecule has 106 valence electrons. The van der Waals surface area contributed by atoms with E-state index in [1.54, 1.807) is 12.1 Å². The second kappa shape index (κ2) is 7.63. The zero-order chi connectivity index (χ0) is 14.6. The smallest absolute Gasteiger partial charge is 0.255 e. The van der Waals surface area contributed by atoms with Gasteiger partial charge in [0.15, 0.2) is 0 Å². The number of aliphatic hydroxyl groups excluding tert-OH is 1. The summed E-state index contributed by atoms with van der Waals surface area (Å²) in [5.41, 5.74) is 0.249. The lowest BCUT2D eigenvalue weighted by Gasteiger charge is -2.18. The molecule has 0 saturated heterocycles. The van der Waals surface area contributed by atoms with Crippen LogP contribution in [0.15, 0.2) is 12.1 Å². The van der Waals surface area contributed by atoms with Crippen molar-refractivity contribution in [2.24, 2.45) is 5.92 Å². The summed E-state index contributed by atoms with van der Waals surface area (Å²) in [6, 6.07) is 3.14. The molecule has 0 bridgehead atoms. The predicted octanol–water partition coefficient (Wildman–Crippen LogP) is 2.74. The second-order valence-corrected chi connectivity index (χ2v) is 7.17. The van der Waals surface area contributed by atoms with Crippen molar-refractivity contribution in [3.05, 3.63) is 24.8 Å². The van der Waals surface area contributed by atoms with E-state index in [9.17, 15) is 15.0 Å². The summed E-state index contributed by atoms with van der Waals surface area (Å²) in [5.74, 6) is 0.00970. The van der Waals surface area contributed by atoms with Crippen molar-refractivity contribution in [3.63, 3.8) is 0 Å². The van der Waals surface area contributed by atoms with Crippen molar-refractivity contribution in [1.29, 1.82) is 0 Å². The van der Waals surface area contributed by atoms with Crippen molar-refractivity contribution >= 4 is 51.1 Å². The molecule has 1 unspecified atom stereocenters. The number of hydrogen-bond donors (Lipinski definition) is 3. The van der Waals surface area contributed by atoms with Crippen LogP contribution in [-0.2, 0) is 0 Å². The van der Waals surface area contributed by atoms with Gasteiger partial charge in [-0.2, -0.15) is 0 Å². The van der Waals surface area contributed by atoms with Crippen LogP contribution in [-0.4, -0.2) is 28.8 Å². The van der Waals surface area contributed by atoms with E-state index in [1.165, 1.54) is 0 Å². The fraction of sp³-hybridized carbons (Fsp3) is 0.462. The van der Waals surface area contributed by atoms with Gasteiger partial charge in [0, 0.05) is 3.57 Å². The number of hydrogen-bond acceptors (Lipinski definition) is 3. The SMILES string of the molecule is CC(C)CC(CO)NC(=O)c1cc(I)cc(I)c1O. The Morgan fingerprint density at radius 1 is 1.37 bits per heavy atom. The Kier molecular flexibility index (Phi) is 6.81. The van der Waals surface area contributed by atoms with E-state index < -0.39 is 0 Å². The third-order valence-corrected chi connectivity index (χ3v) is 4.03. The first-order valence-corrected chi connectivity index (χ1v) is 8.10. The zero-order valence-corrected chi connectivity index (χ0v) is 15.1. The summed E-state index contributed by atoms with van der Waals surface area (Å²) >= 11 is 4.09. The number of carbonyl (C=O) groups is 1. The summed E-state index contributed by atoms with van der Waals surface area (Å²) in [6.07, 6.45) is 0.698. The van der Waals surface area contributed by atoms with Crippen LogP contribution in [0.1, 0.15) is 30.6 Å². The maximum absolute atomic E-state index is 12.1. The summed E-state index contributed by atoms with van der Waals surface area (Å²) in [4.78, 5) is 12.1. The van der Waals surface area contributed by atoms with Gasteiger partial charge in [0.25, 0.3) is 5.91 Å². The Morgan fingerprint density at radius 3 is 2.53 bits per heavy atom. The van der Waals surface area contributed by atoms with Gasteiger partial charge in [-0.15, -0.1) is 0 Å². The van der Waals surface area contributed by atoms with Crippen molar-refractivity contribution < 1.29 is 15.0 Å². The molecule has 0 aromatic heterocycles. The molecule has 19 heavy (non-hydrogen) atoms. The maximum Gasteiger partial charge on any atom is 0.255 e. The van der Waals surface area contributed by atoms with E-state index >= 15 is 0 Å². The van der Waals surface area contributed by atoms with Gasteiger partial charge in [0.2, 0.25) is 0 Å². The van der Waals surface area contributed by atoms with Crippen LogP contribution in [0.25, 0.3) is 0 Å². The van der Waals surface area contributed by atoms with Gasteiger partial charge < -0.3 is 15.5 Å². The van der Waals surface area contributed by atoms with Gasteiger partial charge in [-0.05, 0) is 69.7 Å². The lowest BCUT2D eigenvalue weighted by molar-refractivity contribution is 0.0905. The molecule has 0 fully saturated rings. The number of rotatable bonds is 5. The molecule has 0 saturated carbocycles. The molecule has 0 radical (unpaired) electrons. The topological polar surface area (TPSA) is 69.6 Å². The lowest BCUT2D eigenvalue weighted by Crippen LogP contribution is -2.38. The van der Waals surface area contributed by atoms with Crippen LogP contribution in [0.4, 0.5) is 0 Å². The van der Waals surface area contributed by atoms with E-state index in [0.717, 1.165) is 3.57 Å². The highest BCUT2D eigenvalue weighted by Crippen LogP contribution is 2.27. The van der Waals surface area contributed by atoms with Crippen LogP contribution in [0.5, 0.6) is 5.75 Å². The number of amides is 1. The predicted molar refractivity (Wildman–Crippen MR) is 91.3 cm³/mol. The number of aliphatic hydroxyl groups is 1. The average molecular weight is 489 g/mol. The minimum atomic E-state index is -0.353. The number of halogens is 2. The van der Waals surface area contributed by atoms with Gasteiger partial charge in [0.1, 0.15) is 5.75 Å². The largest absolute Gasteiger partial charge is 0.506 e. The van der Waals surface area contributed by atoms with Crippen LogP contribution in [0, 0.1) is 13.1 Å². The molecule has 6 heteroatoms. The molecule has 1 atom stereocenters. The first-order valence-electron chi connectivity index (χ1n) is 5.94. The Morgan fingerprint density at radius 2 is 2.00 bits per heavy atom. The molecular formula is C13H17I2NO3. The van der Waals surface area contributed by atoms with Gasteiger partial charge >= 0.3 is 0 Å².